The van der Waals surface area contributed by atoms with Gasteiger partial charge in [0.1, 0.15) is 0 Å². The number of amides is 1. The second kappa shape index (κ2) is 9.56. The SMILES string of the molecule is C[C@@H]1CNCCN1CC(=O)NCC1(c2ccccc2)CCCCC1.Cl. The monoisotopic (exact) mass is 365 g/mol. The normalized spacial score (nSPS) is 23.5. The van der Waals surface area contributed by atoms with Crippen LogP contribution >= 0.6 is 12.4 Å². The summed E-state index contributed by atoms with van der Waals surface area (Å²) in [5.41, 5.74) is 1.52. The van der Waals surface area contributed by atoms with Crippen LogP contribution in [0.5, 0.6) is 0 Å². The number of carbonyl (C=O) groups excluding carboxylic acids is 1. The first-order valence-corrected chi connectivity index (χ1v) is 9.47. The van der Waals surface area contributed by atoms with Gasteiger partial charge in [-0.15, -0.1) is 12.4 Å². The third-order valence-electron chi connectivity index (χ3n) is 5.81. The van der Waals surface area contributed by atoms with Crippen LogP contribution in [0.2, 0.25) is 0 Å². The lowest BCUT2D eigenvalue weighted by Crippen LogP contribution is -2.53. The van der Waals surface area contributed by atoms with E-state index in [1.165, 1.54) is 37.7 Å². The van der Waals surface area contributed by atoms with Gasteiger partial charge in [-0.2, -0.15) is 0 Å². The summed E-state index contributed by atoms with van der Waals surface area (Å²) >= 11 is 0. The summed E-state index contributed by atoms with van der Waals surface area (Å²) in [6, 6.07) is 11.2. The Morgan fingerprint density at radius 1 is 1.24 bits per heavy atom. The molecule has 1 amide bonds. The van der Waals surface area contributed by atoms with Crippen molar-refractivity contribution in [1.29, 1.82) is 0 Å². The second-order valence-corrected chi connectivity index (χ2v) is 7.51. The van der Waals surface area contributed by atoms with Crippen LogP contribution < -0.4 is 10.6 Å². The summed E-state index contributed by atoms with van der Waals surface area (Å²) in [7, 11) is 0. The summed E-state index contributed by atoms with van der Waals surface area (Å²) in [5.74, 6) is 0.171. The number of rotatable bonds is 5. The maximum atomic E-state index is 12.5. The molecule has 1 heterocycles. The Morgan fingerprint density at radius 3 is 2.64 bits per heavy atom. The number of piperazine rings is 1. The highest BCUT2D eigenvalue weighted by molar-refractivity contribution is 5.85. The largest absolute Gasteiger partial charge is 0.354 e. The minimum Gasteiger partial charge on any atom is -0.354 e. The number of benzene rings is 1. The van der Waals surface area contributed by atoms with Gasteiger partial charge in [-0.25, -0.2) is 0 Å². The van der Waals surface area contributed by atoms with Gasteiger partial charge >= 0.3 is 0 Å². The Morgan fingerprint density at radius 2 is 1.96 bits per heavy atom. The van der Waals surface area contributed by atoms with Gasteiger partial charge in [-0.05, 0) is 25.3 Å². The van der Waals surface area contributed by atoms with E-state index in [0.717, 1.165) is 26.2 Å². The van der Waals surface area contributed by atoms with Crippen molar-refractivity contribution in [2.24, 2.45) is 0 Å². The summed E-state index contributed by atoms with van der Waals surface area (Å²) < 4.78 is 0. The number of nitrogens with zero attached hydrogens (tertiary/aromatic N) is 1. The molecule has 0 bridgehead atoms. The number of halogens is 1. The minimum absolute atomic E-state index is 0. The van der Waals surface area contributed by atoms with Crippen LogP contribution in [0.1, 0.15) is 44.6 Å². The molecule has 4 nitrogen and oxygen atoms in total. The molecule has 2 N–H and O–H groups in total. The van der Waals surface area contributed by atoms with E-state index < -0.39 is 0 Å². The molecular weight excluding hydrogens is 334 g/mol. The van der Waals surface area contributed by atoms with Gasteiger partial charge in [-0.3, -0.25) is 9.69 Å². The number of hydrogen-bond acceptors (Lipinski definition) is 3. The molecule has 0 spiro atoms. The van der Waals surface area contributed by atoms with Crippen LogP contribution in [0.3, 0.4) is 0 Å². The predicted molar refractivity (Wildman–Crippen MR) is 105 cm³/mol. The van der Waals surface area contributed by atoms with E-state index in [2.05, 4.69) is 52.8 Å². The van der Waals surface area contributed by atoms with Crippen molar-refractivity contribution in [3.8, 4) is 0 Å². The summed E-state index contributed by atoms with van der Waals surface area (Å²) in [5, 5.41) is 6.63. The highest BCUT2D eigenvalue weighted by Crippen LogP contribution is 2.38. The van der Waals surface area contributed by atoms with Gasteiger partial charge in [-0.1, -0.05) is 49.6 Å². The molecule has 1 aliphatic heterocycles. The first-order chi connectivity index (χ1) is 11.7. The Bertz CT molecular complexity index is 531. The molecule has 2 aliphatic rings. The lowest BCUT2D eigenvalue weighted by molar-refractivity contribution is -0.123. The van der Waals surface area contributed by atoms with E-state index in [4.69, 9.17) is 0 Å². The minimum atomic E-state index is 0. The van der Waals surface area contributed by atoms with E-state index in [9.17, 15) is 4.79 Å². The zero-order valence-electron chi connectivity index (χ0n) is 15.3. The van der Waals surface area contributed by atoms with Crippen LogP contribution in [0, 0.1) is 0 Å². The van der Waals surface area contributed by atoms with Crippen molar-refractivity contribution in [3.05, 3.63) is 35.9 Å². The molecule has 1 saturated carbocycles. The second-order valence-electron chi connectivity index (χ2n) is 7.51. The molecule has 0 unspecified atom stereocenters. The predicted octanol–water partition coefficient (Wildman–Crippen LogP) is 2.72. The van der Waals surface area contributed by atoms with Gasteiger partial charge in [0.2, 0.25) is 5.91 Å². The van der Waals surface area contributed by atoms with Crippen molar-refractivity contribution in [1.82, 2.24) is 15.5 Å². The molecule has 140 valence electrons. The molecule has 1 aromatic rings. The lowest BCUT2D eigenvalue weighted by Gasteiger charge is -2.38. The van der Waals surface area contributed by atoms with E-state index in [0.29, 0.717) is 12.6 Å². The average Bonchev–Trinajstić information content (AvgIpc) is 2.63. The number of nitrogens with one attached hydrogen (secondary N) is 2. The fourth-order valence-electron chi connectivity index (χ4n) is 4.21. The standard InChI is InChI=1S/C20H31N3O.ClH/c1-17-14-21-12-13-23(17)15-19(24)22-16-20(10-6-3-7-11-20)18-8-4-2-5-9-18;/h2,4-5,8-9,17,21H,3,6-7,10-16H2,1H3,(H,22,24);1H/t17-;/m1./s1. The van der Waals surface area contributed by atoms with Crippen LogP contribution in [-0.2, 0) is 10.2 Å². The van der Waals surface area contributed by atoms with Crippen molar-refractivity contribution >= 4 is 18.3 Å². The Hall–Kier alpha value is -1.10. The van der Waals surface area contributed by atoms with Gasteiger partial charge < -0.3 is 10.6 Å². The molecule has 3 rings (SSSR count). The number of hydrogen-bond donors (Lipinski definition) is 2. The first kappa shape index (κ1) is 20.2. The molecule has 0 aromatic heterocycles. The van der Waals surface area contributed by atoms with Crippen molar-refractivity contribution in [2.75, 3.05) is 32.7 Å². The third-order valence-corrected chi connectivity index (χ3v) is 5.81. The highest BCUT2D eigenvalue weighted by Gasteiger charge is 2.34. The molecule has 1 aliphatic carbocycles. The van der Waals surface area contributed by atoms with Gasteiger partial charge in [0.15, 0.2) is 0 Å². The Kier molecular flexibility index (Phi) is 7.73. The molecule has 5 heteroatoms. The molecule has 1 aromatic carbocycles. The Balaban J connectivity index is 0.00000225. The van der Waals surface area contributed by atoms with Crippen molar-refractivity contribution < 1.29 is 4.79 Å². The summed E-state index contributed by atoms with van der Waals surface area (Å²) in [6.45, 7) is 6.39. The number of carbonyl (C=O) groups is 1. The third kappa shape index (κ3) is 5.19. The maximum Gasteiger partial charge on any atom is 0.234 e. The molecule has 1 saturated heterocycles. The zero-order valence-corrected chi connectivity index (χ0v) is 16.1. The van der Waals surface area contributed by atoms with Gasteiger partial charge in [0.25, 0.3) is 0 Å². The van der Waals surface area contributed by atoms with E-state index >= 15 is 0 Å². The Labute approximate surface area is 158 Å². The fourth-order valence-corrected chi connectivity index (χ4v) is 4.21. The average molecular weight is 366 g/mol. The van der Waals surface area contributed by atoms with E-state index in [-0.39, 0.29) is 23.7 Å². The molecule has 0 radical (unpaired) electrons. The van der Waals surface area contributed by atoms with Crippen molar-refractivity contribution in [3.63, 3.8) is 0 Å². The molecule has 1 atom stereocenters. The van der Waals surface area contributed by atoms with Crippen LogP contribution in [0.25, 0.3) is 0 Å². The summed E-state index contributed by atoms with van der Waals surface area (Å²) in [6.07, 6.45) is 6.21. The highest BCUT2D eigenvalue weighted by atomic mass is 35.5. The van der Waals surface area contributed by atoms with Crippen LogP contribution in [0.15, 0.2) is 30.3 Å². The smallest absolute Gasteiger partial charge is 0.234 e. The quantitative estimate of drug-likeness (QED) is 0.843. The van der Waals surface area contributed by atoms with Gasteiger partial charge in [0.05, 0.1) is 6.54 Å². The summed E-state index contributed by atoms with van der Waals surface area (Å²) in [4.78, 5) is 14.8. The zero-order chi connectivity index (χ0) is 16.8. The topological polar surface area (TPSA) is 44.4 Å². The van der Waals surface area contributed by atoms with Gasteiger partial charge in [0, 0.05) is 37.6 Å². The van der Waals surface area contributed by atoms with Crippen LogP contribution in [-0.4, -0.2) is 49.6 Å². The maximum absolute atomic E-state index is 12.5. The molecule has 2 fully saturated rings. The van der Waals surface area contributed by atoms with Crippen molar-refractivity contribution in [2.45, 2.75) is 50.5 Å². The first-order valence-electron chi connectivity index (χ1n) is 9.47. The van der Waals surface area contributed by atoms with E-state index in [1.807, 2.05) is 0 Å². The fraction of sp³-hybridized carbons (Fsp3) is 0.650. The van der Waals surface area contributed by atoms with Crippen LogP contribution in [0.4, 0.5) is 0 Å². The molecular formula is C20H32ClN3O. The van der Waals surface area contributed by atoms with E-state index in [1.54, 1.807) is 0 Å². The molecule has 25 heavy (non-hydrogen) atoms. The lowest BCUT2D eigenvalue weighted by atomic mass is 9.69.